The van der Waals surface area contributed by atoms with E-state index in [4.69, 9.17) is 23.2 Å². The number of imidazole rings is 1. The van der Waals surface area contributed by atoms with Gasteiger partial charge in [0.1, 0.15) is 11.3 Å². The average molecular weight is 334 g/mol. The number of hydrogen-bond acceptors (Lipinski definition) is 4. The molecule has 8 heteroatoms. The van der Waals surface area contributed by atoms with E-state index in [-0.39, 0.29) is 23.4 Å². The van der Waals surface area contributed by atoms with Crippen LogP contribution < -0.4 is 0 Å². The third-order valence-electron chi connectivity index (χ3n) is 3.49. The highest BCUT2D eigenvalue weighted by molar-refractivity contribution is 7.91. The first kappa shape index (κ1) is 14.1. The fourth-order valence-corrected chi connectivity index (χ4v) is 4.70. The van der Waals surface area contributed by atoms with Crippen LogP contribution in [0.25, 0.3) is 11.2 Å². The van der Waals surface area contributed by atoms with Crippen molar-refractivity contribution < 1.29 is 8.42 Å². The topological polar surface area (TPSA) is 64.8 Å². The number of rotatable bonds is 2. The Morgan fingerprint density at radius 3 is 2.95 bits per heavy atom. The quantitative estimate of drug-likeness (QED) is 0.792. The van der Waals surface area contributed by atoms with Crippen molar-refractivity contribution in [3.63, 3.8) is 0 Å². The molecule has 1 unspecified atom stereocenters. The van der Waals surface area contributed by atoms with Gasteiger partial charge in [0.25, 0.3) is 0 Å². The number of alkyl halides is 1. The molecule has 0 radical (unpaired) electrons. The number of sulfone groups is 1. The Morgan fingerprint density at radius 1 is 1.45 bits per heavy atom. The standard InChI is InChI=1S/C12H13Cl2N3O2S/c13-5-11-16-10-4-8(14)6-15-12(10)17(11)9-2-1-3-20(18,19)7-9/h4,6,9H,1-3,5,7H2. The molecule has 0 saturated carbocycles. The van der Waals surface area contributed by atoms with Crippen molar-refractivity contribution in [1.82, 2.24) is 14.5 Å². The van der Waals surface area contributed by atoms with Crippen molar-refractivity contribution in [3.8, 4) is 0 Å². The van der Waals surface area contributed by atoms with Gasteiger partial charge in [0.15, 0.2) is 15.5 Å². The summed E-state index contributed by atoms with van der Waals surface area (Å²) in [6, 6.07) is 1.56. The molecule has 0 amide bonds. The van der Waals surface area contributed by atoms with Gasteiger partial charge in [-0.25, -0.2) is 18.4 Å². The van der Waals surface area contributed by atoms with Crippen molar-refractivity contribution in [2.75, 3.05) is 11.5 Å². The molecule has 1 aliphatic rings. The van der Waals surface area contributed by atoms with Crippen molar-refractivity contribution in [1.29, 1.82) is 0 Å². The molecular formula is C12H13Cl2N3O2S. The zero-order chi connectivity index (χ0) is 14.3. The first-order valence-electron chi connectivity index (χ1n) is 6.29. The fourth-order valence-electron chi connectivity index (χ4n) is 2.68. The van der Waals surface area contributed by atoms with E-state index < -0.39 is 9.84 Å². The van der Waals surface area contributed by atoms with E-state index >= 15 is 0 Å². The minimum Gasteiger partial charge on any atom is -0.308 e. The van der Waals surface area contributed by atoms with Gasteiger partial charge < -0.3 is 4.57 Å². The second-order valence-corrected chi connectivity index (χ2v) is 7.87. The lowest BCUT2D eigenvalue weighted by atomic mass is 10.2. The van der Waals surface area contributed by atoms with Gasteiger partial charge in [0, 0.05) is 6.20 Å². The normalized spacial score (nSPS) is 22.2. The van der Waals surface area contributed by atoms with Gasteiger partial charge in [0.2, 0.25) is 0 Å². The Labute approximate surface area is 126 Å². The van der Waals surface area contributed by atoms with Crippen LogP contribution >= 0.6 is 23.2 Å². The lowest BCUT2D eigenvalue weighted by Gasteiger charge is -2.24. The predicted molar refractivity (Wildman–Crippen MR) is 79.0 cm³/mol. The van der Waals surface area contributed by atoms with Gasteiger partial charge in [-0.1, -0.05) is 11.6 Å². The Hall–Kier alpha value is -0.850. The predicted octanol–water partition coefficient (Wildman–Crippen LogP) is 2.57. The van der Waals surface area contributed by atoms with Crippen molar-refractivity contribution in [3.05, 3.63) is 23.1 Å². The maximum Gasteiger partial charge on any atom is 0.160 e. The second kappa shape index (κ2) is 5.16. The second-order valence-electron chi connectivity index (χ2n) is 4.94. The monoisotopic (exact) mass is 333 g/mol. The number of hydrogen-bond donors (Lipinski definition) is 0. The summed E-state index contributed by atoms with van der Waals surface area (Å²) >= 11 is 11.9. The molecule has 0 spiro atoms. The average Bonchev–Trinajstić information content (AvgIpc) is 2.74. The SMILES string of the molecule is O=S1(=O)CCCC(n2c(CCl)nc3cc(Cl)cnc32)C1. The van der Waals surface area contributed by atoms with E-state index in [9.17, 15) is 8.42 Å². The summed E-state index contributed by atoms with van der Waals surface area (Å²) < 4.78 is 25.5. The minimum absolute atomic E-state index is 0.118. The molecule has 0 bridgehead atoms. The lowest BCUT2D eigenvalue weighted by molar-refractivity contribution is 0.469. The summed E-state index contributed by atoms with van der Waals surface area (Å²) in [4.78, 5) is 8.69. The van der Waals surface area contributed by atoms with Crippen molar-refractivity contribution in [2.24, 2.45) is 0 Å². The molecule has 108 valence electrons. The molecule has 0 aliphatic carbocycles. The van der Waals surface area contributed by atoms with Crippen LogP contribution in [0, 0.1) is 0 Å². The molecule has 1 atom stereocenters. The van der Waals surface area contributed by atoms with Gasteiger partial charge in [-0.05, 0) is 18.9 Å². The summed E-state index contributed by atoms with van der Waals surface area (Å²) in [6.07, 6.45) is 2.98. The van der Waals surface area contributed by atoms with E-state index in [0.29, 0.717) is 28.4 Å². The minimum atomic E-state index is -3.01. The molecule has 1 saturated heterocycles. The van der Waals surface area contributed by atoms with Crippen LogP contribution in [0.5, 0.6) is 0 Å². The summed E-state index contributed by atoms with van der Waals surface area (Å²) in [6.45, 7) is 0. The molecule has 20 heavy (non-hydrogen) atoms. The van der Waals surface area contributed by atoms with Gasteiger partial charge in [-0.15, -0.1) is 11.6 Å². The van der Waals surface area contributed by atoms with Gasteiger partial charge >= 0.3 is 0 Å². The molecule has 1 aliphatic heterocycles. The van der Waals surface area contributed by atoms with Crippen LogP contribution in [-0.4, -0.2) is 34.5 Å². The van der Waals surface area contributed by atoms with Gasteiger partial charge in [-0.2, -0.15) is 0 Å². The molecule has 3 heterocycles. The molecular weight excluding hydrogens is 321 g/mol. The first-order valence-corrected chi connectivity index (χ1v) is 9.02. The van der Waals surface area contributed by atoms with E-state index in [1.54, 1.807) is 6.07 Å². The fraction of sp³-hybridized carbons (Fsp3) is 0.500. The lowest BCUT2D eigenvalue weighted by Crippen LogP contribution is -2.28. The number of pyridine rings is 1. The number of fused-ring (bicyclic) bond motifs is 1. The zero-order valence-corrected chi connectivity index (χ0v) is 12.9. The van der Waals surface area contributed by atoms with Crippen LogP contribution in [0.15, 0.2) is 12.3 Å². The Balaban J connectivity index is 2.14. The molecule has 1 fully saturated rings. The highest BCUT2D eigenvalue weighted by atomic mass is 35.5. The molecule has 5 nitrogen and oxygen atoms in total. The highest BCUT2D eigenvalue weighted by Crippen LogP contribution is 2.29. The number of nitrogens with zero attached hydrogens (tertiary/aromatic N) is 3. The first-order chi connectivity index (χ1) is 9.50. The van der Waals surface area contributed by atoms with Gasteiger partial charge in [0.05, 0.1) is 28.5 Å². The van der Waals surface area contributed by atoms with Crippen LogP contribution in [0.2, 0.25) is 5.02 Å². The van der Waals surface area contributed by atoms with Crippen molar-refractivity contribution in [2.45, 2.75) is 24.8 Å². The van der Waals surface area contributed by atoms with Crippen LogP contribution in [0.4, 0.5) is 0 Å². The Morgan fingerprint density at radius 2 is 2.25 bits per heavy atom. The maximum absolute atomic E-state index is 11.8. The zero-order valence-electron chi connectivity index (χ0n) is 10.6. The Bertz CT molecular complexity index is 757. The number of halogens is 2. The smallest absolute Gasteiger partial charge is 0.160 e. The third kappa shape index (κ3) is 2.52. The molecule has 0 N–H and O–H groups in total. The summed E-state index contributed by atoms with van der Waals surface area (Å²) in [5.41, 5.74) is 1.29. The molecule has 2 aromatic rings. The summed E-state index contributed by atoms with van der Waals surface area (Å²) in [7, 11) is -3.01. The largest absolute Gasteiger partial charge is 0.308 e. The summed E-state index contributed by atoms with van der Waals surface area (Å²) in [5, 5.41) is 0.500. The van der Waals surface area contributed by atoms with E-state index in [1.807, 2.05) is 4.57 Å². The third-order valence-corrected chi connectivity index (χ3v) is 5.74. The molecule has 2 aromatic heterocycles. The van der Waals surface area contributed by atoms with Crippen LogP contribution in [0.3, 0.4) is 0 Å². The Kier molecular flexibility index (Phi) is 3.64. The van der Waals surface area contributed by atoms with Gasteiger partial charge in [-0.3, -0.25) is 0 Å². The number of aromatic nitrogens is 3. The van der Waals surface area contributed by atoms with E-state index in [1.165, 1.54) is 6.20 Å². The maximum atomic E-state index is 11.8. The highest BCUT2D eigenvalue weighted by Gasteiger charge is 2.29. The van der Waals surface area contributed by atoms with Crippen molar-refractivity contribution >= 4 is 44.2 Å². The van der Waals surface area contributed by atoms with E-state index in [2.05, 4.69) is 9.97 Å². The molecule has 0 aromatic carbocycles. The van der Waals surface area contributed by atoms with Crippen LogP contribution in [0.1, 0.15) is 24.7 Å². The molecule has 3 rings (SSSR count). The van der Waals surface area contributed by atoms with E-state index in [0.717, 1.165) is 6.42 Å². The van der Waals surface area contributed by atoms with Crippen LogP contribution in [-0.2, 0) is 15.7 Å². The summed E-state index contributed by atoms with van der Waals surface area (Å²) in [5.74, 6) is 1.22.